The maximum absolute atomic E-state index is 11.8. The Labute approximate surface area is 279 Å². The molecular weight excluding hydrogens is 604 g/mol. The van der Waals surface area contributed by atoms with Crippen molar-refractivity contribution in [1.82, 2.24) is 15.1 Å². The number of anilines is 1. The van der Waals surface area contributed by atoms with Crippen molar-refractivity contribution in [2.75, 3.05) is 24.7 Å². The van der Waals surface area contributed by atoms with Gasteiger partial charge in [0.15, 0.2) is 0 Å². The van der Waals surface area contributed by atoms with E-state index in [0.717, 1.165) is 17.8 Å². The zero-order chi connectivity index (χ0) is 36.1. The van der Waals surface area contributed by atoms with Gasteiger partial charge in [0.05, 0.1) is 34.9 Å². The largest absolute Gasteiger partial charge is 0.463 e. The summed E-state index contributed by atoms with van der Waals surface area (Å²) in [5.74, 6) is -1.11. The fourth-order valence-electron chi connectivity index (χ4n) is 3.86. The number of carbonyl (C=O) groups excluding carboxylic acids is 5. The van der Waals surface area contributed by atoms with E-state index >= 15 is 0 Å². The van der Waals surface area contributed by atoms with E-state index in [4.69, 9.17) is 14.6 Å². The third-order valence-corrected chi connectivity index (χ3v) is 8.13. The van der Waals surface area contributed by atoms with E-state index in [1.54, 1.807) is 32.9 Å². The SMILES string of the molecule is CC1C(=O)N(c2ccccc2)C(=O)C1C.CCC(C)(C)C(=O)OCC(C)O.CCC(C)(C)C(=O)OCCNC(=O)n1nc(C)cc1C. The molecule has 47 heavy (non-hydrogen) atoms. The van der Waals surface area contributed by atoms with Crippen LogP contribution in [0.2, 0.25) is 0 Å². The van der Waals surface area contributed by atoms with E-state index in [9.17, 15) is 24.0 Å². The van der Waals surface area contributed by atoms with E-state index < -0.39 is 16.9 Å². The zero-order valence-corrected chi connectivity index (χ0v) is 29.9. The highest BCUT2D eigenvalue weighted by atomic mass is 16.5. The minimum atomic E-state index is -0.582. The van der Waals surface area contributed by atoms with E-state index in [1.165, 1.54) is 9.58 Å². The molecule has 0 radical (unpaired) electrons. The summed E-state index contributed by atoms with van der Waals surface area (Å²) in [6, 6.07) is 10.6. The summed E-state index contributed by atoms with van der Waals surface area (Å²) < 4.78 is 11.3. The summed E-state index contributed by atoms with van der Waals surface area (Å²) in [5, 5.41) is 15.6. The molecule has 0 bridgehead atoms. The third-order valence-electron chi connectivity index (χ3n) is 8.13. The van der Waals surface area contributed by atoms with Crippen LogP contribution < -0.4 is 10.2 Å². The fraction of sp³-hybridized carbons (Fsp3) is 0.600. The van der Waals surface area contributed by atoms with Gasteiger partial charge in [-0.05, 0) is 79.5 Å². The lowest BCUT2D eigenvalue weighted by molar-refractivity contribution is -0.157. The number of benzene rings is 1. The molecule has 262 valence electrons. The summed E-state index contributed by atoms with van der Waals surface area (Å²) in [6.07, 6.45) is 0.872. The van der Waals surface area contributed by atoms with E-state index in [2.05, 4.69) is 10.4 Å². The first-order valence-corrected chi connectivity index (χ1v) is 16.1. The van der Waals surface area contributed by atoms with Crippen LogP contribution in [0.4, 0.5) is 10.5 Å². The molecule has 2 heterocycles. The maximum Gasteiger partial charge on any atom is 0.342 e. The minimum Gasteiger partial charge on any atom is -0.463 e. The van der Waals surface area contributed by atoms with Gasteiger partial charge in [-0.15, -0.1) is 0 Å². The second-order valence-corrected chi connectivity index (χ2v) is 13.1. The number of aliphatic hydroxyl groups excluding tert-OH is 1. The molecule has 12 heteroatoms. The number of nitrogens with zero attached hydrogens (tertiary/aromatic N) is 3. The number of rotatable bonds is 10. The van der Waals surface area contributed by atoms with Crippen molar-refractivity contribution in [2.24, 2.45) is 22.7 Å². The first kappa shape index (κ1) is 41.0. The van der Waals surface area contributed by atoms with Gasteiger partial charge in [-0.25, -0.2) is 4.79 Å². The van der Waals surface area contributed by atoms with Gasteiger partial charge in [-0.1, -0.05) is 45.9 Å². The first-order chi connectivity index (χ1) is 21.8. The van der Waals surface area contributed by atoms with E-state index in [1.807, 2.05) is 79.7 Å². The average Bonchev–Trinajstić information content (AvgIpc) is 3.47. The Morgan fingerprint density at radius 3 is 1.83 bits per heavy atom. The number of aryl methyl sites for hydroxylation is 2. The highest BCUT2D eigenvalue weighted by Gasteiger charge is 2.42. The summed E-state index contributed by atoms with van der Waals surface area (Å²) in [4.78, 5) is 59.8. The van der Waals surface area contributed by atoms with Crippen LogP contribution in [0.25, 0.3) is 0 Å². The number of hydrogen-bond acceptors (Lipinski definition) is 9. The Hall–Kier alpha value is -4.06. The Kier molecular flexibility index (Phi) is 16.0. The van der Waals surface area contributed by atoms with Crippen molar-refractivity contribution in [1.29, 1.82) is 0 Å². The van der Waals surface area contributed by atoms with Crippen LogP contribution in [-0.4, -0.2) is 70.5 Å². The molecule has 0 aliphatic carbocycles. The molecule has 1 aromatic heterocycles. The maximum atomic E-state index is 11.8. The molecule has 1 saturated heterocycles. The molecule has 3 atom stereocenters. The highest BCUT2D eigenvalue weighted by molar-refractivity contribution is 6.21. The molecule has 3 amide bonds. The van der Waals surface area contributed by atoms with Crippen molar-refractivity contribution in [3.8, 4) is 0 Å². The zero-order valence-electron chi connectivity index (χ0n) is 29.9. The number of aromatic nitrogens is 2. The van der Waals surface area contributed by atoms with E-state index in [-0.39, 0.29) is 61.4 Å². The monoisotopic (exact) mass is 658 g/mol. The van der Waals surface area contributed by atoms with Crippen LogP contribution in [0.15, 0.2) is 36.4 Å². The number of imide groups is 1. The van der Waals surface area contributed by atoms with Crippen LogP contribution >= 0.6 is 0 Å². The minimum absolute atomic E-state index is 0.0856. The van der Waals surface area contributed by atoms with Gasteiger partial charge in [-0.3, -0.25) is 24.1 Å². The molecule has 1 aromatic carbocycles. The predicted octanol–water partition coefficient (Wildman–Crippen LogP) is 5.22. The molecule has 0 spiro atoms. The number of carbonyl (C=O) groups is 5. The van der Waals surface area contributed by atoms with Crippen molar-refractivity contribution < 1.29 is 38.6 Å². The average molecular weight is 659 g/mol. The molecule has 3 rings (SSSR count). The number of para-hydroxylation sites is 1. The molecule has 1 aliphatic rings. The second kappa shape index (κ2) is 18.3. The van der Waals surface area contributed by atoms with Gasteiger partial charge in [-0.2, -0.15) is 9.78 Å². The molecule has 3 unspecified atom stereocenters. The van der Waals surface area contributed by atoms with Crippen LogP contribution in [0.1, 0.15) is 86.5 Å². The standard InChI is InChI=1S/C14H23N3O3.C12H13NO2.C9H18O3/c1-6-14(4,5)12(18)20-8-7-15-13(19)17-11(3)9-10(2)16-17;1-8-9(2)12(15)13(11(8)14)10-6-4-3-5-7-10;1-5-9(3,4)8(11)12-6-7(2)10/h9H,6-8H2,1-5H3,(H,15,19);3-9H,1-2H3;7,10H,5-6H2,1-4H3. The van der Waals surface area contributed by atoms with Crippen molar-refractivity contribution in [3.05, 3.63) is 47.8 Å². The summed E-state index contributed by atoms with van der Waals surface area (Å²) in [6.45, 7) is 20.5. The molecular formula is C35H54N4O8. The summed E-state index contributed by atoms with van der Waals surface area (Å²) >= 11 is 0. The van der Waals surface area contributed by atoms with Gasteiger partial charge >= 0.3 is 18.0 Å². The first-order valence-electron chi connectivity index (χ1n) is 16.1. The Morgan fingerprint density at radius 2 is 1.40 bits per heavy atom. The lowest BCUT2D eigenvalue weighted by Crippen LogP contribution is -2.34. The highest BCUT2D eigenvalue weighted by Crippen LogP contribution is 2.30. The fourth-order valence-corrected chi connectivity index (χ4v) is 3.86. The Bertz CT molecular complexity index is 1330. The number of aliphatic hydroxyl groups is 1. The molecule has 12 nitrogen and oxygen atoms in total. The number of esters is 2. The molecule has 1 fully saturated rings. The van der Waals surface area contributed by atoms with Crippen LogP contribution in [0.5, 0.6) is 0 Å². The summed E-state index contributed by atoms with van der Waals surface area (Å²) in [5.41, 5.74) is 1.30. The number of ether oxygens (including phenoxy) is 2. The number of amides is 3. The van der Waals surface area contributed by atoms with Gasteiger partial charge in [0.2, 0.25) is 11.8 Å². The van der Waals surface area contributed by atoms with Gasteiger partial charge < -0.3 is 19.9 Å². The van der Waals surface area contributed by atoms with Crippen LogP contribution in [-0.2, 0) is 28.7 Å². The van der Waals surface area contributed by atoms with Gasteiger partial charge in [0.25, 0.3) is 0 Å². The number of hydrogen-bond donors (Lipinski definition) is 2. The summed E-state index contributed by atoms with van der Waals surface area (Å²) in [7, 11) is 0. The van der Waals surface area contributed by atoms with Crippen molar-refractivity contribution >= 4 is 35.5 Å². The molecule has 1 aliphatic heterocycles. The Morgan fingerprint density at radius 1 is 0.915 bits per heavy atom. The third kappa shape index (κ3) is 12.2. The lowest BCUT2D eigenvalue weighted by atomic mass is 9.91. The van der Waals surface area contributed by atoms with Gasteiger partial charge in [0, 0.05) is 17.5 Å². The topological polar surface area (TPSA) is 157 Å². The predicted molar refractivity (Wildman–Crippen MR) is 180 cm³/mol. The van der Waals surface area contributed by atoms with E-state index in [0.29, 0.717) is 12.1 Å². The smallest absolute Gasteiger partial charge is 0.342 e. The normalized spacial score (nSPS) is 16.7. The Balaban J connectivity index is 0.000000365. The molecule has 2 N–H and O–H groups in total. The van der Waals surface area contributed by atoms with Crippen molar-refractivity contribution in [2.45, 2.75) is 95.1 Å². The van der Waals surface area contributed by atoms with Crippen LogP contribution in [0, 0.1) is 36.5 Å². The number of nitrogens with one attached hydrogen (secondary N) is 1. The second-order valence-electron chi connectivity index (χ2n) is 13.1. The quantitative estimate of drug-likeness (QED) is 0.199. The molecule has 2 aromatic rings. The van der Waals surface area contributed by atoms with Crippen LogP contribution in [0.3, 0.4) is 0 Å². The molecule has 0 saturated carbocycles. The van der Waals surface area contributed by atoms with Crippen molar-refractivity contribution in [3.63, 3.8) is 0 Å². The van der Waals surface area contributed by atoms with Gasteiger partial charge in [0.1, 0.15) is 13.2 Å². The lowest BCUT2D eigenvalue weighted by Gasteiger charge is -2.20.